The Morgan fingerprint density at radius 2 is 1.88 bits per heavy atom. The number of nitrogens with zero attached hydrogens (tertiary/aromatic N) is 2. The van der Waals surface area contributed by atoms with Crippen LogP contribution in [0.1, 0.15) is 25.3 Å². The molecule has 0 saturated heterocycles. The number of aromatic nitrogens is 2. The lowest BCUT2D eigenvalue weighted by Crippen LogP contribution is -2.42. The van der Waals surface area contributed by atoms with Crippen molar-refractivity contribution in [3.63, 3.8) is 0 Å². The van der Waals surface area contributed by atoms with E-state index in [0.29, 0.717) is 5.56 Å². The zero-order valence-corrected chi connectivity index (χ0v) is 13.3. The van der Waals surface area contributed by atoms with Crippen LogP contribution in [0.4, 0.5) is 13.2 Å². The van der Waals surface area contributed by atoms with E-state index in [1.54, 1.807) is 38.1 Å². The molecule has 130 valence electrons. The summed E-state index contributed by atoms with van der Waals surface area (Å²) in [4.78, 5) is 15.0. The van der Waals surface area contributed by atoms with Gasteiger partial charge in [0, 0.05) is 12.7 Å². The molecule has 0 saturated carbocycles. The van der Waals surface area contributed by atoms with Crippen LogP contribution in [-0.2, 0) is 21.2 Å². The van der Waals surface area contributed by atoms with Gasteiger partial charge in [0.15, 0.2) is 0 Å². The zero-order chi connectivity index (χ0) is 18.0. The monoisotopic (exact) mass is 343 g/mol. The van der Waals surface area contributed by atoms with E-state index in [1.807, 2.05) is 0 Å². The van der Waals surface area contributed by atoms with Crippen LogP contribution < -0.4 is 5.32 Å². The molecule has 1 aromatic heterocycles. The van der Waals surface area contributed by atoms with Crippen LogP contribution in [0, 0.1) is 0 Å². The van der Waals surface area contributed by atoms with Crippen LogP contribution in [0.5, 0.6) is 0 Å². The third kappa shape index (κ3) is 4.10. The number of ether oxygens (including phenoxy) is 1. The maximum absolute atomic E-state index is 12.5. The van der Waals surface area contributed by atoms with Gasteiger partial charge in [0.05, 0.1) is 5.54 Å². The van der Waals surface area contributed by atoms with Gasteiger partial charge in [-0.15, -0.1) is 0 Å². The molecule has 0 aliphatic carbocycles. The third-order valence-electron chi connectivity index (χ3n) is 3.26. The lowest BCUT2D eigenvalue weighted by atomic mass is 9.93. The molecule has 0 fully saturated rings. The molecule has 2 rings (SSSR count). The van der Waals surface area contributed by atoms with Crippen molar-refractivity contribution in [2.75, 3.05) is 13.7 Å². The quantitative estimate of drug-likeness (QED) is 0.903. The van der Waals surface area contributed by atoms with Crippen molar-refractivity contribution in [1.82, 2.24) is 15.5 Å². The SMILES string of the molecule is COCC(=O)NC(C)(C)c1ccc(-c2noc(C(F)(F)F)n2)cc1. The van der Waals surface area contributed by atoms with Crippen LogP contribution >= 0.6 is 0 Å². The van der Waals surface area contributed by atoms with Crippen LogP contribution in [0.15, 0.2) is 28.8 Å². The third-order valence-corrected chi connectivity index (χ3v) is 3.26. The molecule has 0 radical (unpaired) electrons. The van der Waals surface area contributed by atoms with Crippen LogP contribution in [-0.4, -0.2) is 29.8 Å². The number of halogens is 3. The molecule has 0 atom stereocenters. The van der Waals surface area contributed by atoms with Gasteiger partial charge in [0.25, 0.3) is 0 Å². The largest absolute Gasteiger partial charge is 0.471 e. The Morgan fingerprint density at radius 3 is 2.38 bits per heavy atom. The Balaban J connectivity index is 2.18. The number of carbonyl (C=O) groups excluding carboxylic acids is 1. The average Bonchev–Trinajstić information content (AvgIpc) is 2.97. The summed E-state index contributed by atoms with van der Waals surface area (Å²) in [7, 11) is 1.42. The van der Waals surface area contributed by atoms with Gasteiger partial charge < -0.3 is 14.6 Å². The molecule has 0 aliphatic rings. The summed E-state index contributed by atoms with van der Waals surface area (Å²) in [6.07, 6.45) is -4.68. The molecule has 1 heterocycles. The first-order valence-corrected chi connectivity index (χ1v) is 6.95. The maximum Gasteiger partial charge on any atom is 0.471 e. The van der Waals surface area contributed by atoms with Gasteiger partial charge in [0.2, 0.25) is 11.7 Å². The van der Waals surface area contributed by atoms with E-state index in [4.69, 9.17) is 4.74 Å². The molecule has 9 heteroatoms. The average molecular weight is 343 g/mol. The summed E-state index contributed by atoms with van der Waals surface area (Å²) < 4.78 is 46.4. The molecule has 1 N–H and O–H groups in total. The number of methoxy groups -OCH3 is 1. The van der Waals surface area contributed by atoms with E-state index >= 15 is 0 Å². The molecule has 1 aromatic carbocycles. The van der Waals surface area contributed by atoms with Crippen molar-refractivity contribution in [2.24, 2.45) is 0 Å². The molecule has 0 bridgehead atoms. The minimum absolute atomic E-state index is 0.0649. The van der Waals surface area contributed by atoms with E-state index in [2.05, 4.69) is 20.0 Å². The summed E-state index contributed by atoms with van der Waals surface area (Å²) in [6.45, 7) is 3.53. The summed E-state index contributed by atoms with van der Waals surface area (Å²) in [6, 6.07) is 6.47. The first-order valence-electron chi connectivity index (χ1n) is 6.95. The second-order valence-electron chi connectivity index (χ2n) is 5.60. The predicted octanol–water partition coefficient (Wildman–Crippen LogP) is 2.75. The normalized spacial score (nSPS) is 12.2. The first-order chi connectivity index (χ1) is 11.1. The van der Waals surface area contributed by atoms with Crippen molar-refractivity contribution in [2.45, 2.75) is 25.6 Å². The molecule has 0 spiro atoms. The number of rotatable bonds is 5. The highest BCUT2D eigenvalue weighted by Gasteiger charge is 2.38. The minimum atomic E-state index is -4.68. The molecule has 1 amide bonds. The van der Waals surface area contributed by atoms with Crippen LogP contribution in [0.2, 0.25) is 0 Å². The van der Waals surface area contributed by atoms with Crippen LogP contribution in [0.25, 0.3) is 11.4 Å². The highest BCUT2D eigenvalue weighted by Crippen LogP contribution is 2.30. The smallest absolute Gasteiger partial charge is 0.375 e. The Bertz CT molecular complexity index is 709. The fourth-order valence-electron chi connectivity index (χ4n) is 2.08. The van der Waals surface area contributed by atoms with Crippen molar-refractivity contribution in [3.8, 4) is 11.4 Å². The fraction of sp³-hybridized carbons (Fsp3) is 0.400. The Labute approximate surface area is 136 Å². The Hall–Kier alpha value is -2.42. The van der Waals surface area contributed by atoms with Crippen molar-refractivity contribution in [3.05, 3.63) is 35.7 Å². The lowest BCUT2D eigenvalue weighted by molar-refractivity contribution is -0.159. The van der Waals surface area contributed by atoms with Crippen molar-refractivity contribution >= 4 is 5.91 Å². The van der Waals surface area contributed by atoms with Gasteiger partial charge in [-0.1, -0.05) is 29.4 Å². The molecule has 24 heavy (non-hydrogen) atoms. The number of hydrogen-bond donors (Lipinski definition) is 1. The number of benzene rings is 1. The lowest BCUT2D eigenvalue weighted by Gasteiger charge is -2.27. The fourth-order valence-corrected chi connectivity index (χ4v) is 2.08. The zero-order valence-electron chi connectivity index (χ0n) is 13.3. The standard InChI is InChI=1S/C15H16F3N3O3/c1-14(2,20-11(22)8-23-3)10-6-4-9(5-7-10)12-19-13(24-21-12)15(16,17)18/h4-7H,8H2,1-3H3,(H,20,22). The number of hydrogen-bond acceptors (Lipinski definition) is 5. The van der Waals surface area contributed by atoms with Gasteiger partial charge in [0.1, 0.15) is 6.61 Å². The molecular formula is C15H16F3N3O3. The maximum atomic E-state index is 12.5. The second-order valence-corrected chi connectivity index (χ2v) is 5.60. The number of carbonyl (C=O) groups is 1. The summed E-state index contributed by atoms with van der Waals surface area (Å²) in [5.74, 6) is -1.83. The van der Waals surface area contributed by atoms with Gasteiger partial charge in [-0.2, -0.15) is 18.2 Å². The van der Waals surface area contributed by atoms with Crippen molar-refractivity contribution in [1.29, 1.82) is 0 Å². The minimum Gasteiger partial charge on any atom is -0.375 e. The van der Waals surface area contributed by atoms with E-state index < -0.39 is 17.6 Å². The first kappa shape index (κ1) is 17.9. The van der Waals surface area contributed by atoms with E-state index in [1.165, 1.54) is 7.11 Å². The van der Waals surface area contributed by atoms with Gasteiger partial charge in [-0.3, -0.25) is 4.79 Å². The summed E-state index contributed by atoms with van der Waals surface area (Å²) in [5.41, 5.74) is 0.454. The topological polar surface area (TPSA) is 77.2 Å². The molecular weight excluding hydrogens is 327 g/mol. The molecule has 0 aliphatic heterocycles. The highest BCUT2D eigenvalue weighted by atomic mass is 19.4. The van der Waals surface area contributed by atoms with Gasteiger partial charge in [-0.25, -0.2) is 0 Å². The molecule has 0 unspecified atom stereocenters. The summed E-state index contributed by atoms with van der Waals surface area (Å²) >= 11 is 0. The number of amides is 1. The Morgan fingerprint density at radius 1 is 1.25 bits per heavy atom. The van der Waals surface area contributed by atoms with Crippen molar-refractivity contribution < 1.29 is 27.2 Å². The summed E-state index contributed by atoms with van der Waals surface area (Å²) in [5, 5.41) is 6.12. The van der Waals surface area contributed by atoms with Gasteiger partial charge in [-0.05, 0) is 19.4 Å². The van der Waals surface area contributed by atoms with E-state index in [-0.39, 0.29) is 18.3 Å². The molecule has 2 aromatic rings. The Kier molecular flexibility index (Phi) is 4.93. The van der Waals surface area contributed by atoms with E-state index in [9.17, 15) is 18.0 Å². The number of nitrogens with one attached hydrogen (secondary N) is 1. The predicted molar refractivity (Wildman–Crippen MR) is 77.8 cm³/mol. The van der Waals surface area contributed by atoms with Crippen LogP contribution in [0.3, 0.4) is 0 Å². The number of alkyl halides is 3. The second kappa shape index (κ2) is 6.60. The van der Waals surface area contributed by atoms with Gasteiger partial charge >= 0.3 is 12.1 Å². The molecule has 6 nitrogen and oxygen atoms in total. The van der Waals surface area contributed by atoms with E-state index in [0.717, 1.165) is 5.56 Å². The highest BCUT2D eigenvalue weighted by molar-refractivity contribution is 5.78.